The van der Waals surface area contributed by atoms with Gasteiger partial charge in [-0.25, -0.2) is 4.39 Å². The number of rotatable bonds is 6. The van der Waals surface area contributed by atoms with Crippen LogP contribution in [0.5, 0.6) is 17.2 Å². The second-order valence-corrected chi connectivity index (χ2v) is 6.12. The Morgan fingerprint density at radius 3 is 2.92 bits per heavy atom. The summed E-state index contributed by atoms with van der Waals surface area (Å²) in [5.41, 5.74) is 0.624. The van der Waals surface area contributed by atoms with Gasteiger partial charge in [0.05, 0.1) is 6.54 Å². The number of nitrogens with one attached hydrogen (secondary N) is 1. The topological polar surface area (TPSA) is 56.8 Å². The molecule has 2 aromatic rings. The minimum absolute atomic E-state index is 0.0176. The average Bonchev–Trinajstić information content (AvgIpc) is 3.28. The third kappa shape index (κ3) is 3.38. The van der Waals surface area contributed by atoms with Crippen molar-refractivity contribution in [3.63, 3.8) is 0 Å². The van der Waals surface area contributed by atoms with E-state index in [1.807, 2.05) is 0 Å². The van der Waals surface area contributed by atoms with Crippen molar-refractivity contribution in [3.8, 4) is 17.2 Å². The van der Waals surface area contributed by atoms with Crippen LogP contribution in [0, 0.1) is 11.7 Å². The molecule has 1 fully saturated rings. The van der Waals surface area contributed by atoms with E-state index in [2.05, 4.69) is 5.32 Å². The summed E-state index contributed by atoms with van der Waals surface area (Å²) in [6, 6.07) is 12.0. The number of hydrogen-bond donors (Lipinski definition) is 1. The molecule has 2 aliphatic rings. The highest BCUT2D eigenvalue weighted by Gasteiger charge is 2.44. The molecule has 0 radical (unpaired) electrons. The summed E-state index contributed by atoms with van der Waals surface area (Å²) in [6.45, 7) is 0.968. The maximum atomic E-state index is 13.7. The van der Waals surface area contributed by atoms with E-state index in [-0.39, 0.29) is 30.4 Å². The number of carbonyl (C=O) groups is 1. The van der Waals surface area contributed by atoms with Crippen LogP contribution in [-0.4, -0.2) is 25.9 Å². The largest absolute Gasteiger partial charge is 0.492 e. The predicted molar refractivity (Wildman–Crippen MR) is 88.3 cm³/mol. The van der Waals surface area contributed by atoms with Crippen LogP contribution < -0.4 is 19.5 Å². The molecule has 5 nitrogen and oxygen atoms in total. The molecule has 1 aliphatic carbocycles. The highest BCUT2D eigenvalue weighted by molar-refractivity contribution is 5.82. The summed E-state index contributed by atoms with van der Waals surface area (Å²) in [5, 5.41) is 2.84. The molecule has 2 atom stereocenters. The molecule has 1 amide bonds. The number of carbonyl (C=O) groups excluding carboxylic acids is 1. The van der Waals surface area contributed by atoms with Crippen LogP contribution in [0.3, 0.4) is 0 Å². The van der Waals surface area contributed by atoms with Crippen LogP contribution >= 0.6 is 0 Å². The number of hydrogen-bond acceptors (Lipinski definition) is 4. The first-order valence-corrected chi connectivity index (χ1v) is 8.27. The van der Waals surface area contributed by atoms with Crippen LogP contribution in [0.2, 0.25) is 0 Å². The summed E-state index contributed by atoms with van der Waals surface area (Å²) >= 11 is 0. The lowest BCUT2D eigenvalue weighted by molar-refractivity contribution is -0.122. The minimum Gasteiger partial charge on any atom is -0.492 e. The molecule has 0 aromatic heterocycles. The van der Waals surface area contributed by atoms with Gasteiger partial charge in [-0.2, -0.15) is 0 Å². The third-order valence-corrected chi connectivity index (χ3v) is 4.45. The van der Waals surface area contributed by atoms with Gasteiger partial charge in [0.15, 0.2) is 11.5 Å². The van der Waals surface area contributed by atoms with E-state index < -0.39 is 0 Å². The first-order chi connectivity index (χ1) is 12.2. The van der Waals surface area contributed by atoms with Crippen LogP contribution in [-0.2, 0) is 4.79 Å². The molecule has 4 rings (SSSR count). The fourth-order valence-corrected chi connectivity index (χ4v) is 3.05. The minimum atomic E-state index is -0.242. The Hall–Kier alpha value is -2.76. The fraction of sp³-hybridized carbons (Fsp3) is 0.316. The summed E-state index contributed by atoms with van der Waals surface area (Å²) < 4.78 is 29.9. The molecule has 0 spiro atoms. The molecule has 0 unspecified atom stereocenters. The quantitative estimate of drug-likeness (QED) is 0.820. The number of halogens is 1. The van der Waals surface area contributed by atoms with E-state index in [0.29, 0.717) is 42.4 Å². The molecule has 2 aromatic carbocycles. The highest BCUT2D eigenvalue weighted by atomic mass is 19.1. The Labute approximate surface area is 144 Å². The highest BCUT2D eigenvalue weighted by Crippen LogP contribution is 2.48. The van der Waals surface area contributed by atoms with Crippen molar-refractivity contribution in [1.82, 2.24) is 5.32 Å². The maximum absolute atomic E-state index is 13.7. The van der Waals surface area contributed by atoms with Crippen molar-refractivity contribution in [1.29, 1.82) is 0 Å². The number of benzene rings is 2. The third-order valence-electron chi connectivity index (χ3n) is 4.45. The molecular formula is C19H18FNO4. The van der Waals surface area contributed by atoms with Crippen molar-refractivity contribution < 1.29 is 23.4 Å². The monoisotopic (exact) mass is 343 g/mol. The zero-order chi connectivity index (χ0) is 17.2. The van der Waals surface area contributed by atoms with E-state index in [0.717, 1.165) is 0 Å². The van der Waals surface area contributed by atoms with Crippen LogP contribution in [0.1, 0.15) is 17.9 Å². The van der Waals surface area contributed by atoms with Crippen LogP contribution in [0.25, 0.3) is 0 Å². The maximum Gasteiger partial charge on any atom is 0.231 e. The molecule has 130 valence electrons. The molecule has 0 bridgehead atoms. The van der Waals surface area contributed by atoms with Gasteiger partial charge in [-0.3, -0.25) is 4.79 Å². The molecular weight excluding hydrogens is 325 g/mol. The van der Waals surface area contributed by atoms with E-state index in [9.17, 15) is 9.18 Å². The van der Waals surface area contributed by atoms with Gasteiger partial charge in [0.2, 0.25) is 12.7 Å². The van der Waals surface area contributed by atoms with Crippen molar-refractivity contribution in [3.05, 3.63) is 53.8 Å². The van der Waals surface area contributed by atoms with Gasteiger partial charge < -0.3 is 19.5 Å². The normalized spacial score (nSPS) is 20.2. The first kappa shape index (κ1) is 15.7. The lowest BCUT2D eigenvalue weighted by Gasteiger charge is -2.08. The fourth-order valence-electron chi connectivity index (χ4n) is 3.05. The predicted octanol–water partition coefficient (Wildman–Crippen LogP) is 2.85. The SMILES string of the molecule is O=C(NCCOc1ccc2c(c1)OCO2)[C@@H]1C[C@H]1c1ccccc1F. The van der Waals surface area contributed by atoms with E-state index in [4.69, 9.17) is 14.2 Å². The zero-order valence-electron chi connectivity index (χ0n) is 13.5. The first-order valence-electron chi connectivity index (χ1n) is 8.27. The molecule has 1 aliphatic heterocycles. The molecule has 6 heteroatoms. The van der Waals surface area contributed by atoms with Gasteiger partial charge >= 0.3 is 0 Å². The number of ether oxygens (including phenoxy) is 3. The number of fused-ring (bicyclic) bond motifs is 1. The Morgan fingerprint density at radius 2 is 2.04 bits per heavy atom. The van der Waals surface area contributed by atoms with E-state index in [1.54, 1.807) is 36.4 Å². The summed E-state index contributed by atoms with van der Waals surface area (Å²) in [7, 11) is 0. The van der Waals surface area contributed by atoms with Crippen molar-refractivity contribution in [2.45, 2.75) is 12.3 Å². The van der Waals surface area contributed by atoms with Crippen LogP contribution in [0.15, 0.2) is 42.5 Å². The second-order valence-electron chi connectivity index (χ2n) is 6.12. The Balaban J connectivity index is 1.22. The molecule has 25 heavy (non-hydrogen) atoms. The molecule has 0 saturated heterocycles. The average molecular weight is 343 g/mol. The van der Waals surface area contributed by atoms with Gasteiger partial charge in [-0.05, 0) is 36.1 Å². The van der Waals surface area contributed by atoms with Gasteiger partial charge in [0, 0.05) is 12.0 Å². The zero-order valence-corrected chi connectivity index (χ0v) is 13.5. The van der Waals surface area contributed by atoms with Crippen molar-refractivity contribution in [2.24, 2.45) is 5.92 Å². The lowest BCUT2D eigenvalue weighted by atomic mass is 10.1. The van der Waals surface area contributed by atoms with E-state index >= 15 is 0 Å². The number of amides is 1. The smallest absolute Gasteiger partial charge is 0.231 e. The van der Waals surface area contributed by atoms with Crippen molar-refractivity contribution >= 4 is 5.91 Å². The molecule has 1 heterocycles. The van der Waals surface area contributed by atoms with Gasteiger partial charge in [0.1, 0.15) is 18.2 Å². The molecule has 1 saturated carbocycles. The van der Waals surface area contributed by atoms with Gasteiger partial charge in [-0.15, -0.1) is 0 Å². The van der Waals surface area contributed by atoms with E-state index in [1.165, 1.54) is 6.07 Å². The van der Waals surface area contributed by atoms with Crippen LogP contribution in [0.4, 0.5) is 4.39 Å². The Morgan fingerprint density at radius 1 is 1.20 bits per heavy atom. The summed E-state index contributed by atoms with van der Waals surface area (Å²) in [5.74, 6) is 1.56. The summed E-state index contributed by atoms with van der Waals surface area (Å²) in [4.78, 5) is 12.1. The van der Waals surface area contributed by atoms with Gasteiger partial charge in [-0.1, -0.05) is 18.2 Å². The lowest BCUT2D eigenvalue weighted by Crippen LogP contribution is -2.29. The Kier molecular flexibility index (Phi) is 4.17. The Bertz CT molecular complexity index is 795. The second kappa shape index (κ2) is 6.63. The standard InChI is InChI=1S/C19H18FNO4/c20-16-4-2-1-3-13(16)14-10-15(14)19(22)21-7-8-23-12-5-6-17-18(9-12)25-11-24-17/h1-6,9,14-15H,7-8,10-11H2,(H,21,22)/t14-,15+/m0/s1. The molecule has 1 N–H and O–H groups in total. The van der Waals surface area contributed by atoms with Crippen molar-refractivity contribution in [2.75, 3.05) is 19.9 Å². The summed E-state index contributed by atoms with van der Waals surface area (Å²) in [6.07, 6.45) is 0.690. The van der Waals surface area contributed by atoms with Gasteiger partial charge in [0.25, 0.3) is 0 Å².